The normalized spacial score (nSPS) is 15.1. The summed E-state index contributed by atoms with van der Waals surface area (Å²) in [7, 11) is 2.22. The van der Waals surface area contributed by atoms with Crippen LogP contribution in [0.3, 0.4) is 0 Å². The van der Waals surface area contributed by atoms with Gasteiger partial charge in [0, 0.05) is 0 Å². The molecular formula is C27H22BF2P2. The molecule has 1 aliphatic rings. The third-order valence-corrected chi connectivity index (χ3v) is 9.64. The van der Waals surface area contributed by atoms with E-state index < -0.39 is 19.6 Å². The molecule has 2 atom stereocenters. The lowest BCUT2D eigenvalue weighted by Gasteiger charge is -2.30. The average molecular weight is 457 g/mol. The van der Waals surface area contributed by atoms with Crippen LogP contribution >= 0.6 is 16.5 Å². The van der Waals surface area contributed by atoms with Crippen LogP contribution in [0.1, 0.15) is 16.9 Å². The Morgan fingerprint density at radius 3 is 2.06 bits per heavy atom. The Labute approximate surface area is 191 Å². The van der Waals surface area contributed by atoms with Crippen molar-refractivity contribution < 1.29 is 8.78 Å². The van der Waals surface area contributed by atoms with Crippen LogP contribution in [0.15, 0.2) is 91.0 Å². The molecule has 5 rings (SSSR count). The molecule has 0 fully saturated rings. The minimum absolute atomic E-state index is 0.142. The first-order valence-corrected chi connectivity index (χ1v) is 13.5. The molecule has 0 saturated carbocycles. The van der Waals surface area contributed by atoms with Gasteiger partial charge in [0.15, 0.2) is 18.9 Å². The second kappa shape index (κ2) is 9.26. The molecule has 0 spiro atoms. The average Bonchev–Trinajstić information content (AvgIpc) is 2.83. The van der Waals surface area contributed by atoms with E-state index in [0.29, 0.717) is 8.58 Å². The van der Waals surface area contributed by atoms with Gasteiger partial charge in [0.25, 0.3) is 0 Å². The minimum atomic E-state index is -0.760. The van der Waals surface area contributed by atoms with E-state index in [1.54, 1.807) is 0 Å². The van der Waals surface area contributed by atoms with Gasteiger partial charge in [0.2, 0.25) is 0 Å². The van der Waals surface area contributed by atoms with E-state index in [1.165, 1.54) is 33.4 Å². The topological polar surface area (TPSA) is 0 Å². The Morgan fingerprint density at radius 2 is 1.44 bits per heavy atom. The number of fused-ring (bicyclic) bond motifs is 1. The van der Waals surface area contributed by atoms with E-state index in [-0.39, 0.29) is 5.82 Å². The Kier molecular flexibility index (Phi) is 6.23. The second-order valence-corrected chi connectivity index (χ2v) is 11.2. The molecular weight excluding hydrogens is 435 g/mol. The lowest BCUT2D eigenvalue weighted by molar-refractivity contribution is 0.500. The molecule has 0 nitrogen and oxygen atoms in total. The summed E-state index contributed by atoms with van der Waals surface area (Å²) in [6.07, 6.45) is 0.763. The highest BCUT2D eigenvalue weighted by Crippen LogP contribution is 2.36. The van der Waals surface area contributed by atoms with Gasteiger partial charge >= 0.3 is 0 Å². The van der Waals surface area contributed by atoms with Crippen molar-refractivity contribution in [3.8, 4) is 0 Å². The minimum Gasteiger partial charge on any atom is -0.204 e. The van der Waals surface area contributed by atoms with E-state index in [4.69, 9.17) is 0 Å². The smallest absolute Gasteiger partial charge is 0.161 e. The Hall–Kier alpha value is -2.34. The molecule has 0 aromatic heterocycles. The van der Waals surface area contributed by atoms with E-state index in [1.807, 2.05) is 0 Å². The molecule has 2 unspecified atom stereocenters. The number of hydrogen-bond donors (Lipinski definition) is 0. The Morgan fingerprint density at radius 1 is 0.812 bits per heavy atom. The molecule has 4 aromatic carbocycles. The van der Waals surface area contributed by atoms with Crippen molar-refractivity contribution in [2.75, 3.05) is 6.66 Å². The molecule has 32 heavy (non-hydrogen) atoms. The molecule has 0 amide bonds. The molecule has 1 aliphatic carbocycles. The molecule has 1 radical (unpaired) electrons. The van der Waals surface area contributed by atoms with Crippen molar-refractivity contribution in [3.63, 3.8) is 0 Å². The van der Waals surface area contributed by atoms with Crippen LogP contribution in [0.2, 0.25) is 0 Å². The van der Waals surface area contributed by atoms with Crippen LogP contribution in [0.4, 0.5) is 8.78 Å². The highest BCUT2D eigenvalue weighted by Gasteiger charge is 2.29. The van der Waals surface area contributed by atoms with Gasteiger partial charge in [-0.3, -0.25) is 0 Å². The van der Waals surface area contributed by atoms with Gasteiger partial charge in [0.05, 0.1) is 0 Å². The standard InChI is InChI=1S/C27H22BF2P2/c1-31-26-16-19(28-23-14-18-15-24(29)25(30)17-22(18)23)12-13-27(26)32(20-8-4-2-5-9-20)21-10-6-3-7-11-21/h2-13,15-17,23,31H,14H2,1H3. The monoisotopic (exact) mass is 457 g/mol. The Bertz CT molecular complexity index is 1210. The molecule has 157 valence electrons. The van der Waals surface area contributed by atoms with Crippen molar-refractivity contribution in [2.24, 2.45) is 0 Å². The number of rotatable bonds is 6. The van der Waals surface area contributed by atoms with Crippen molar-refractivity contribution in [1.82, 2.24) is 0 Å². The van der Waals surface area contributed by atoms with Gasteiger partial charge in [-0.2, -0.15) is 0 Å². The second-order valence-electron chi connectivity index (χ2n) is 7.98. The first-order valence-electron chi connectivity index (χ1n) is 10.7. The molecule has 0 heterocycles. The summed E-state index contributed by atoms with van der Waals surface area (Å²) in [6.45, 7) is 2.23. The Balaban J connectivity index is 1.48. The maximum absolute atomic E-state index is 13.7. The van der Waals surface area contributed by atoms with E-state index in [9.17, 15) is 8.78 Å². The molecule has 5 heteroatoms. The zero-order valence-corrected chi connectivity index (χ0v) is 19.6. The zero-order valence-electron chi connectivity index (χ0n) is 17.7. The highest BCUT2D eigenvalue weighted by molar-refractivity contribution is 7.81. The van der Waals surface area contributed by atoms with Gasteiger partial charge in [-0.15, -0.1) is 0 Å². The van der Waals surface area contributed by atoms with Gasteiger partial charge < -0.3 is 0 Å². The third kappa shape index (κ3) is 4.17. The molecule has 0 aliphatic heterocycles. The predicted octanol–water partition coefficient (Wildman–Crippen LogP) is 4.28. The molecule has 0 N–H and O–H groups in total. The van der Waals surface area contributed by atoms with Gasteiger partial charge in [-0.25, -0.2) is 8.78 Å². The largest absolute Gasteiger partial charge is 0.204 e. The summed E-state index contributed by atoms with van der Waals surface area (Å²) in [5.74, 6) is -1.37. The zero-order chi connectivity index (χ0) is 22.1. The maximum Gasteiger partial charge on any atom is 0.161 e. The summed E-state index contributed by atoms with van der Waals surface area (Å²) in [4.78, 5) is 0. The van der Waals surface area contributed by atoms with Crippen LogP contribution in [-0.2, 0) is 6.42 Å². The molecule has 0 saturated heterocycles. The van der Waals surface area contributed by atoms with E-state index >= 15 is 0 Å². The van der Waals surface area contributed by atoms with E-state index in [0.717, 1.165) is 23.0 Å². The summed E-state index contributed by atoms with van der Waals surface area (Å²) in [5, 5.41) is 5.44. The SMILES string of the molecule is CPc1cc([B]C2Cc3cc(F)c(F)cc32)ccc1P(c1ccccc1)c1ccccc1. The summed E-state index contributed by atoms with van der Waals surface area (Å²) >= 11 is 0. The van der Waals surface area contributed by atoms with Crippen LogP contribution < -0.4 is 26.7 Å². The first kappa shape index (κ1) is 21.5. The molecule has 0 bridgehead atoms. The molecule has 4 aromatic rings. The first-order chi connectivity index (χ1) is 15.6. The summed E-state index contributed by atoms with van der Waals surface area (Å²) in [5.41, 5.74) is 2.97. The lowest BCUT2D eigenvalue weighted by Crippen LogP contribution is -2.35. The van der Waals surface area contributed by atoms with Crippen molar-refractivity contribution >= 4 is 50.5 Å². The van der Waals surface area contributed by atoms with Crippen LogP contribution in [0.25, 0.3) is 0 Å². The van der Waals surface area contributed by atoms with E-state index in [2.05, 4.69) is 92.8 Å². The van der Waals surface area contributed by atoms with Gasteiger partial charge in [-0.1, -0.05) is 92.9 Å². The van der Waals surface area contributed by atoms with Crippen LogP contribution in [-0.4, -0.2) is 13.9 Å². The van der Waals surface area contributed by atoms with Gasteiger partial charge in [-0.05, 0) is 71.3 Å². The highest BCUT2D eigenvalue weighted by atomic mass is 31.1. The fourth-order valence-corrected chi connectivity index (χ4v) is 8.00. The number of halogens is 2. The van der Waals surface area contributed by atoms with Crippen molar-refractivity contribution in [2.45, 2.75) is 12.2 Å². The fourth-order valence-electron chi connectivity index (χ4n) is 4.36. The lowest BCUT2D eigenvalue weighted by atomic mass is 9.50. The summed E-state index contributed by atoms with van der Waals surface area (Å²) in [6, 6.07) is 30.9. The summed E-state index contributed by atoms with van der Waals surface area (Å²) < 4.78 is 27.2. The quantitative estimate of drug-likeness (QED) is 0.300. The van der Waals surface area contributed by atoms with Crippen molar-refractivity contribution in [1.29, 1.82) is 0 Å². The van der Waals surface area contributed by atoms with Crippen molar-refractivity contribution in [3.05, 3.63) is 114 Å². The van der Waals surface area contributed by atoms with Gasteiger partial charge in [0.1, 0.15) is 0 Å². The van der Waals surface area contributed by atoms with Crippen LogP contribution in [0, 0.1) is 11.6 Å². The number of hydrogen-bond acceptors (Lipinski definition) is 0. The predicted molar refractivity (Wildman–Crippen MR) is 137 cm³/mol. The maximum atomic E-state index is 13.7. The number of benzene rings is 4. The fraction of sp³-hybridized carbons (Fsp3) is 0.111. The van der Waals surface area contributed by atoms with Crippen LogP contribution in [0.5, 0.6) is 0 Å². The third-order valence-electron chi connectivity index (χ3n) is 5.97.